The number of aliphatic hydroxyl groups is 1. The molecule has 0 aliphatic carbocycles. The lowest BCUT2D eigenvalue weighted by atomic mass is 10.1. The molecule has 1 aromatic rings. The van der Waals surface area contributed by atoms with E-state index in [9.17, 15) is 5.11 Å². The van der Waals surface area contributed by atoms with E-state index < -0.39 is 6.10 Å². The van der Waals surface area contributed by atoms with Gasteiger partial charge in [-0.1, -0.05) is 6.07 Å². The second kappa shape index (κ2) is 7.13. The van der Waals surface area contributed by atoms with Gasteiger partial charge in [0.1, 0.15) is 11.8 Å². The number of ether oxygens (including phenoxy) is 2. The molecule has 1 atom stereocenters. The lowest BCUT2D eigenvalue weighted by molar-refractivity contribution is -0.0449. The Morgan fingerprint density at radius 2 is 2.10 bits per heavy atom. The maximum atomic E-state index is 9.89. The highest BCUT2D eigenvalue weighted by atomic mass is 16.5. The Morgan fingerprint density at radius 1 is 1.40 bits per heavy atom. The molecule has 0 bridgehead atoms. The van der Waals surface area contributed by atoms with E-state index in [0.29, 0.717) is 17.0 Å². The van der Waals surface area contributed by atoms with Crippen molar-refractivity contribution in [3.8, 4) is 11.8 Å². The topological polar surface area (TPSA) is 74.5 Å². The fourth-order valence-corrected chi connectivity index (χ4v) is 1.60. The van der Waals surface area contributed by atoms with Crippen LogP contribution in [0.15, 0.2) is 18.2 Å². The number of hydrogen-bond donors (Lipinski definition) is 2. The molecule has 0 aliphatic rings. The maximum Gasteiger partial charge on any atom is 0.143 e. The first-order valence-corrected chi connectivity index (χ1v) is 6.50. The van der Waals surface area contributed by atoms with Crippen LogP contribution < -0.4 is 10.1 Å². The predicted octanol–water partition coefficient (Wildman–Crippen LogP) is 2.15. The van der Waals surface area contributed by atoms with Gasteiger partial charge in [-0.25, -0.2) is 0 Å². The first kappa shape index (κ1) is 16.3. The van der Waals surface area contributed by atoms with Gasteiger partial charge in [0.05, 0.1) is 36.7 Å². The van der Waals surface area contributed by atoms with E-state index in [1.54, 1.807) is 25.3 Å². The Kier molecular flexibility index (Phi) is 5.81. The fourth-order valence-electron chi connectivity index (χ4n) is 1.60. The van der Waals surface area contributed by atoms with Crippen LogP contribution in [0.1, 0.15) is 26.3 Å². The van der Waals surface area contributed by atoms with Crippen LogP contribution in [0.4, 0.5) is 5.69 Å². The zero-order chi connectivity index (χ0) is 15.2. The molecule has 1 rings (SSSR count). The third kappa shape index (κ3) is 5.08. The predicted molar refractivity (Wildman–Crippen MR) is 77.9 cm³/mol. The summed E-state index contributed by atoms with van der Waals surface area (Å²) in [7, 11) is 1.54. The third-order valence-electron chi connectivity index (χ3n) is 2.59. The van der Waals surface area contributed by atoms with Crippen molar-refractivity contribution in [3.05, 3.63) is 23.8 Å². The molecule has 20 heavy (non-hydrogen) atoms. The number of nitrogens with one attached hydrogen (secondary N) is 1. The lowest BCUT2D eigenvalue weighted by Gasteiger charge is -2.22. The minimum atomic E-state index is -0.661. The van der Waals surface area contributed by atoms with E-state index in [1.165, 1.54) is 0 Å². The SMILES string of the molecule is COc1cccc(C#N)c1NCC(O)COC(C)(C)C. The highest BCUT2D eigenvalue weighted by Crippen LogP contribution is 2.27. The van der Waals surface area contributed by atoms with Gasteiger partial charge in [-0.2, -0.15) is 5.26 Å². The van der Waals surface area contributed by atoms with Gasteiger partial charge in [0, 0.05) is 6.54 Å². The Hall–Kier alpha value is -1.77. The quantitative estimate of drug-likeness (QED) is 0.834. The van der Waals surface area contributed by atoms with Gasteiger partial charge in [-0.15, -0.1) is 0 Å². The van der Waals surface area contributed by atoms with E-state index in [2.05, 4.69) is 11.4 Å². The molecule has 0 aliphatic heterocycles. The molecule has 110 valence electrons. The van der Waals surface area contributed by atoms with E-state index in [-0.39, 0.29) is 18.8 Å². The summed E-state index contributed by atoms with van der Waals surface area (Å²) < 4.78 is 10.7. The zero-order valence-corrected chi connectivity index (χ0v) is 12.4. The van der Waals surface area contributed by atoms with Crippen molar-refractivity contribution in [1.29, 1.82) is 5.26 Å². The third-order valence-corrected chi connectivity index (χ3v) is 2.59. The van der Waals surface area contributed by atoms with Crippen molar-refractivity contribution < 1.29 is 14.6 Å². The minimum Gasteiger partial charge on any atom is -0.495 e. The summed E-state index contributed by atoms with van der Waals surface area (Å²) in [5.74, 6) is 0.577. The Morgan fingerprint density at radius 3 is 2.65 bits per heavy atom. The van der Waals surface area contributed by atoms with Gasteiger partial charge < -0.3 is 19.9 Å². The molecule has 0 aromatic heterocycles. The Bertz CT molecular complexity index is 475. The van der Waals surface area contributed by atoms with Gasteiger partial charge in [0.2, 0.25) is 0 Å². The van der Waals surface area contributed by atoms with E-state index in [1.807, 2.05) is 20.8 Å². The van der Waals surface area contributed by atoms with E-state index in [4.69, 9.17) is 14.7 Å². The highest BCUT2D eigenvalue weighted by molar-refractivity contribution is 5.66. The van der Waals surface area contributed by atoms with Crippen LogP contribution in [0.5, 0.6) is 5.75 Å². The van der Waals surface area contributed by atoms with Gasteiger partial charge >= 0.3 is 0 Å². The van der Waals surface area contributed by atoms with Crippen molar-refractivity contribution in [2.45, 2.75) is 32.5 Å². The van der Waals surface area contributed by atoms with Crippen molar-refractivity contribution in [2.24, 2.45) is 0 Å². The number of hydrogen-bond acceptors (Lipinski definition) is 5. The molecular formula is C15H22N2O3. The number of anilines is 1. The summed E-state index contributed by atoms with van der Waals surface area (Å²) in [6.07, 6.45) is -0.661. The molecule has 2 N–H and O–H groups in total. The molecule has 0 amide bonds. The van der Waals surface area contributed by atoms with Crippen molar-refractivity contribution in [1.82, 2.24) is 0 Å². The molecule has 0 heterocycles. The number of nitriles is 1. The largest absolute Gasteiger partial charge is 0.495 e. The summed E-state index contributed by atoms with van der Waals surface area (Å²) in [6.45, 7) is 6.31. The van der Waals surface area contributed by atoms with Crippen LogP contribution in [-0.4, -0.2) is 37.1 Å². The normalized spacial score (nSPS) is 12.6. The van der Waals surface area contributed by atoms with Crippen LogP contribution in [-0.2, 0) is 4.74 Å². The summed E-state index contributed by atoms with van der Waals surface area (Å²) in [6, 6.07) is 7.31. The smallest absolute Gasteiger partial charge is 0.143 e. The standard InChI is InChI=1S/C15H22N2O3/c1-15(2,3)20-10-12(18)9-17-14-11(8-16)6-5-7-13(14)19-4/h5-7,12,17-18H,9-10H2,1-4H3. The van der Waals surface area contributed by atoms with Crippen LogP contribution in [0, 0.1) is 11.3 Å². The number of benzene rings is 1. The van der Waals surface area contributed by atoms with Gasteiger partial charge in [-0.3, -0.25) is 0 Å². The van der Waals surface area contributed by atoms with Gasteiger partial charge in [-0.05, 0) is 32.9 Å². The summed E-state index contributed by atoms with van der Waals surface area (Å²) in [5, 5.41) is 22.0. The number of methoxy groups -OCH3 is 1. The van der Waals surface area contributed by atoms with Crippen molar-refractivity contribution in [2.75, 3.05) is 25.6 Å². The van der Waals surface area contributed by atoms with Gasteiger partial charge in [0.15, 0.2) is 0 Å². The van der Waals surface area contributed by atoms with E-state index in [0.717, 1.165) is 0 Å². The summed E-state index contributed by atoms with van der Waals surface area (Å²) in [5.41, 5.74) is 0.782. The fraction of sp³-hybridized carbons (Fsp3) is 0.533. The number of rotatable bonds is 6. The summed E-state index contributed by atoms with van der Waals surface area (Å²) in [4.78, 5) is 0. The van der Waals surface area contributed by atoms with E-state index >= 15 is 0 Å². The second-order valence-corrected chi connectivity index (χ2v) is 5.45. The number of nitrogens with zero attached hydrogens (tertiary/aromatic N) is 1. The monoisotopic (exact) mass is 278 g/mol. The summed E-state index contributed by atoms with van der Waals surface area (Å²) >= 11 is 0. The van der Waals surface area contributed by atoms with Crippen molar-refractivity contribution in [3.63, 3.8) is 0 Å². The first-order chi connectivity index (χ1) is 9.37. The molecule has 1 aromatic carbocycles. The van der Waals surface area contributed by atoms with Crippen LogP contribution in [0.2, 0.25) is 0 Å². The minimum absolute atomic E-state index is 0.230. The zero-order valence-electron chi connectivity index (χ0n) is 12.4. The molecule has 5 nitrogen and oxygen atoms in total. The molecule has 0 saturated heterocycles. The highest BCUT2D eigenvalue weighted by Gasteiger charge is 2.15. The molecule has 0 fully saturated rings. The lowest BCUT2D eigenvalue weighted by Crippen LogP contribution is -2.30. The number of aliphatic hydroxyl groups excluding tert-OH is 1. The molecular weight excluding hydrogens is 256 g/mol. The van der Waals surface area contributed by atoms with Crippen LogP contribution in [0.25, 0.3) is 0 Å². The Balaban J connectivity index is 2.63. The Labute approximate surface area is 120 Å². The number of para-hydroxylation sites is 1. The second-order valence-electron chi connectivity index (χ2n) is 5.45. The molecule has 1 unspecified atom stereocenters. The maximum absolute atomic E-state index is 9.89. The van der Waals surface area contributed by atoms with Crippen molar-refractivity contribution >= 4 is 5.69 Å². The molecule has 5 heteroatoms. The molecule has 0 radical (unpaired) electrons. The van der Waals surface area contributed by atoms with Gasteiger partial charge in [0.25, 0.3) is 0 Å². The van der Waals surface area contributed by atoms with Crippen LogP contribution >= 0.6 is 0 Å². The first-order valence-electron chi connectivity index (χ1n) is 6.50. The molecule has 0 saturated carbocycles. The molecule has 0 spiro atoms. The van der Waals surface area contributed by atoms with Crippen LogP contribution in [0.3, 0.4) is 0 Å². The average molecular weight is 278 g/mol. The average Bonchev–Trinajstić information content (AvgIpc) is 2.41.